The Morgan fingerprint density at radius 3 is 0.915 bits per heavy atom. The number of nitriles is 1. The van der Waals surface area contributed by atoms with Crippen molar-refractivity contribution in [2.75, 3.05) is 0 Å². The molecule has 402 valence electrons. The maximum atomic E-state index is 12.9. The van der Waals surface area contributed by atoms with E-state index in [2.05, 4.69) is 283 Å². The van der Waals surface area contributed by atoms with Crippen LogP contribution in [0.5, 0.6) is 0 Å². The molecule has 14 rings (SSSR count). The standard InChI is InChI=1S/C76H68N6/c1-73(2,3)47-31-35-64-55(40-47)51-23-13-17-27-60(51)79(64)69-59(44-77)68(46-22-21-39-78-45-46)70(80-61-28-18-14-24-52(61)56-41-48(74(4,5)6)32-36-65(56)80)72(82-63-30-20-16-26-54(63)58-43-50(76(10,11)12)34-38-67(58)82)71(69)81-62-29-19-15-25-53(62)57-42-49(75(7,8)9)33-37-66(57)81/h13-43,45H,1-12H3. The number of rotatable bonds is 5. The van der Waals surface area contributed by atoms with Gasteiger partial charge in [-0.05, 0) is 123 Å². The summed E-state index contributed by atoms with van der Waals surface area (Å²) in [5, 5.41) is 22.0. The SMILES string of the molecule is CC(C)(C)c1ccc2c(c1)c1ccccc1n2-c1c(C#N)c(-c2cccnc2)c(-n2c3ccccc3c3cc(C(C)(C)C)ccc32)c(-n2c3ccccc3c3cc(C(C)(C)C)ccc32)c1-n1c2ccccc2c2cc(C(C)(C)C)ccc21. The molecule has 0 aliphatic rings. The van der Waals surface area contributed by atoms with Crippen molar-refractivity contribution in [2.45, 2.75) is 105 Å². The van der Waals surface area contributed by atoms with Gasteiger partial charge >= 0.3 is 0 Å². The van der Waals surface area contributed by atoms with E-state index in [4.69, 9.17) is 4.98 Å². The first-order chi connectivity index (χ1) is 39.2. The summed E-state index contributed by atoms with van der Waals surface area (Å²) in [6.07, 6.45) is 3.79. The molecular formula is C76H68N6. The lowest BCUT2D eigenvalue weighted by Crippen LogP contribution is -2.17. The molecule has 0 atom stereocenters. The Balaban J connectivity index is 1.35. The number of hydrogen-bond donors (Lipinski definition) is 0. The van der Waals surface area contributed by atoms with Gasteiger partial charge in [0.1, 0.15) is 6.07 Å². The summed E-state index contributed by atoms with van der Waals surface area (Å²) < 4.78 is 9.97. The van der Waals surface area contributed by atoms with Crippen LogP contribution in [0.3, 0.4) is 0 Å². The van der Waals surface area contributed by atoms with Crippen LogP contribution < -0.4 is 0 Å². The van der Waals surface area contributed by atoms with Crippen molar-refractivity contribution in [2.24, 2.45) is 0 Å². The van der Waals surface area contributed by atoms with Crippen molar-refractivity contribution < 1.29 is 0 Å². The highest BCUT2D eigenvalue weighted by atomic mass is 15.1. The van der Waals surface area contributed by atoms with Crippen molar-refractivity contribution in [1.82, 2.24) is 23.3 Å². The number of benzene rings is 9. The van der Waals surface area contributed by atoms with Gasteiger partial charge in [-0.2, -0.15) is 5.26 Å². The van der Waals surface area contributed by atoms with Crippen molar-refractivity contribution in [1.29, 1.82) is 5.26 Å². The summed E-state index contributed by atoms with van der Waals surface area (Å²) in [4.78, 5) is 4.92. The first-order valence-electron chi connectivity index (χ1n) is 28.9. The number of para-hydroxylation sites is 4. The van der Waals surface area contributed by atoms with E-state index in [-0.39, 0.29) is 21.7 Å². The quantitative estimate of drug-likeness (QED) is 0.172. The summed E-state index contributed by atoms with van der Waals surface area (Å²) in [7, 11) is 0. The first kappa shape index (κ1) is 51.0. The van der Waals surface area contributed by atoms with Gasteiger partial charge in [-0.15, -0.1) is 0 Å². The fourth-order valence-corrected chi connectivity index (χ4v) is 13.2. The van der Waals surface area contributed by atoms with Gasteiger partial charge in [0.25, 0.3) is 0 Å². The Labute approximate surface area is 480 Å². The molecule has 0 unspecified atom stereocenters. The average Bonchev–Trinajstić information content (AvgIpc) is 2.10. The smallest absolute Gasteiger partial charge is 0.102 e. The topological polar surface area (TPSA) is 56.4 Å². The molecule has 5 heterocycles. The fraction of sp³-hybridized carbons (Fsp3) is 0.211. The summed E-state index contributed by atoms with van der Waals surface area (Å²) in [6.45, 7) is 27.5. The van der Waals surface area contributed by atoms with E-state index in [9.17, 15) is 5.26 Å². The Hall–Kier alpha value is -9.18. The van der Waals surface area contributed by atoms with Crippen LogP contribution in [0.1, 0.15) is 111 Å². The normalized spacial score (nSPS) is 12.9. The third-order valence-corrected chi connectivity index (χ3v) is 17.5. The number of aromatic nitrogens is 5. The van der Waals surface area contributed by atoms with Crippen molar-refractivity contribution in [3.63, 3.8) is 0 Å². The van der Waals surface area contributed by atoms with Crippen LogP contribution in [-0.2, 0) is 21.7 Å². The predicted molar refractivity (Wildman–Crippen MR) is 347 cm³/mol. The summed E-state index contributed by atoms with van der Waals surface area (Å²) in [5.41, 5.74) is 18.5. The van der Waals surface area contributed by atoms with E-state index in [0.29, 0.717) is 5.56 Å². The van der Waals surface area contributed by atoms with E-state index in [0.717, 1.165) is 121 Å². The molecular weight excluding hydrogens is 997 g/mol. The summed E-state index contributed by atoms with van der Waals surface area (Å²) in [6, 6.07) is 70.8. The van der Waals surface area contributed by atoms with Crippen LogP contribution in [0.2, 0.25) is 0 Å². The lowest BCUT2D eigenvalue weighted by molar-refractivity contribution is 0.591. The Bertz CT molecular complexity index is 5020. The molecule has 0 aliphatic heterocycles. The summed E-state index contributed by atoms with van der Waals surface area (Å²) >= 11 is 0. The minimum absolute atomic E-state index is 0.111. The lowest BCUT2D eigenvalue weighted by atomic mass is 9.86. The number of pyridine rings is 1. The van der Waals surface area contributed by atoms with Gasteiger partial charge in [-0.1, -0.05) is 186 Å². The maximum Gasteiger partial charge on any atom is 0.102 e. The van der Waals surface area contributed by atoms with Crippen LogP contribution in [0.15, 0.2) is 194 Å². The number of fused-ring (bicyclic) bond motifs is 12. The predicted octanol–water partition coefficient (Wildman–Crippen LogP) is 20.2. The summed E-state index contributed by atoms with van der Waals surface area (Å²) in [5.74, 6) is 0. The molecule has 14 aromatic rings. The molecule has 5 aromatic heterocycles. The second-order valence-electron chi connectivity index (χ2n) is 26.8. The number of nitrogens with zero attached hydrogens (tertiary/aromatic N) is 6. The van der Waals surface area contributed by atoms with Crippen LogP contribution in [0.4, 0.5) is 0 Å². The Kier molecular flexibility index (Phi) is 11.1. The maximum absolute atomic E-state index is 12.9. The highest BCUT2D eigenvalue weighted by Crippen LogP contribution is 2.52. The molecule has 6 heteroatoms. The first-order valence-corrected chi connectivity index (χ1v) is 28.9. The molecule has 0 N–H and O–H groups in total. The van der Waals surface area contributed by atoms with E-state index in [1.54, 1.807) is 0 Å². The van der Waals surface area contributed by atoms with Crippen molar-refractivity contribution >= 4 is 87.2 Å². The van der Waals surface area contributed by atoms with Crippen LogP contribution in [0, 0.1) is 11.3 Å². The van der Waals surface area contributed by atoms with Gasteiger partial charge < -0.3 is 18.3 Å². The van der Waals surface area contributed by atoms with Crippen LogP contribution in [-0.4, -0.2) is 23.3 Å². The van der Waals surface area contributed by atoms with Gasteiger partial charge in [0.15, 0.2) is 0 Å². The highest BCUT2D eigenvalue weighted by molar-refractivity contribution is 6.17. The molecule has 0 radical (unpaired) electrons. The van der Waals surface area contributed by atoms with E-state index >= 15 is 0 Å². The second-order valence-corrected chi connectivity index (χ2v) is 26.8. The second kappa shape index (κ2) is 17.9. The highest BCUT2D eigenvalue weighted by Gasteiger charge is 2.36. The third kappa shape index (κ3) is 7.62. The monoisotopic (exact) mass is 1060 g/mol. The fourth-order valence-electron chi connectivity index (χ4n) is 13.2. The minimum atomic E-state index is -0.118. The lowest BCUT2D eigenvalue weighted by Gasteiger charge is -2.29. The average molecular weight is 1070 g/mol. The van der Waals surface area contributed by atoms with Gasteiger partial charge in [0, 0.05) is 66.6 Å². The van der Waals surface area contributed by atoms with Crippen LogP contribution >= 0.6 is 0 Å². The van der Waals surface area contributed by atoms with Gasteiger partial charge in [-0.3, -0.25) is 4.98 Å². The Morgan fingerprint density at radius 1 is 0.317 bits per heavy atom. The molecule has 0 saturated heterocycles. The van der Waals surface area contributed by atoms with E-state index in [1.807, 2.05) is 18.5 Å². The number of hydrogen-bond acceptors (Lipinski definition) is 2. The zero-order valence-electron chi connectivity index (χ0n) is 49.2. The van der Waals surface area contributed by atoms with E-state index < -0.39 is 0 Å². The minimum Gasteiger partial charge on any atom is -0.306 e. The molecule has 0 spiro atoms. The van der Waals surface area contributed by atoms with Crippen molar-refractivity contribution in [3.8, 4) is 39.9 Å². The van der Waals surface area contributed by atoms with E-state index in [1.165, 1.54) is 22.3 Å². The van der Waals surface area contributed by atoms with Gasteiger partial charge in [0.05, 0.1) is 72.4 Å². The van der Waals surface area contributed by atoms with Crippen LogP contribution in [0.25, 0.3) is 121 Å². The zero-order chi connectivity index (χ0) is 56.9. The molecule has 6 nitrogen and oxygen atoms in total. The molecule has 0 bridgehead atoms. The Morgan fingerprint density at radius 2 is 0.610 bits per heavy atom. The molecule has 0 saturated carbocycles. The van der Waals surface area contributed by atoms with Gasteiger partial charge in [-0.25, -0.2) is 0 Å². The molecule has 82 heavy (non-hydrogen) atoms. The van der Waals surface area contributed by atoms with Crippen molar-refractivity contribution in [3.05, 3.63) is 222 Å². The molecule has 0 aliphatic carbocycles. The molecule has 0 fully saturated rings. The molecule has 9 aromatic carbocycles. The largest absolute Gasteiger partial charge is 0.306 e. The molecule has 0 amide bonds. The zero-order valence-corrected chi connectivity index (χ0v) is 49.2. The van der Waals surface area contributed by atoms with Gasteiger partial charge in [0.2, 0.25) is 0 Å². The third-order valence-electron chi connectivity index (χ3n) is 17.5.